The number of aryl methyl sites for hydroxylation is 1. The number of carbonyl (C=O) groups is 1. The Morgan fingerprint density at radius 1 is 1.12 bits per heavy atom. The average Bonchev–Trinajstić information content (AvgIpc) is 3.07. The van der Waals surface area contributed by atoms with Crippen LogP contribution in [0.2, 0.25) is 0 Å². The first-order chi connectivity index (χ1) is 15.3. The van der Waals surface area contributed by atoms with Gasteiger partial charge in [-0.1, -0.05) is 31.4 Å². The second kappa shape index (κ2) is 8.90. The molecule has 0 atom stereocenters. The van der Waals surface area contributed by atoms with Gasteiger partial charge >= 0.3 is 5.97 Å². The summed E-state index contributed by atoms with van der Waals surface area (Å²) in [7, 11) is 0. The molecule has 9 nitrogen and oxygen atoms in total. The molecular formula is C23H30N4O5. The van der Waals surface area contributed by atoms with Gasteiger partial charge in [0.25, 0.3) is 5.56 Å². The van der Waals surface area contributed by atoms with E-state index in [0.717, 1.165) is 19.3 Å². The summed E-state index contributed by atoms with van der Waals surface area (Å²) in [5, 5.41) is 41.9. The first-order valence-corrected chi connectivity index (χ1v) is 11.3. The zero-order chi connectivity index (χ0) is 22.9. The van der Waals surface area contributed by atoms with Crippen LogP contribution in [0, 0.1) is 6.92 Å². The lowest BCUT2D eigenvalue weighted by molar-refractivity contribution is -0.145. The van der Waals surface area contributed by atoms with Crippen molar-refractivity contribution in [3.8, 4) is 5.75 Å². The third-order valence-corrected chi connectivity index (χ3v) is 7.00. The summed E-state index contributed by atoms with van der Waals surface area (Å²) in [6.45, 7) is 1.74. The van der Waals surface area contributed by atoms with Crippen LogP contribution in [0.3, 0.4) is 0 Å². The van der Waals surface area contributed by atoms with E-state index in [9.17, 15) is 24.9 Å². The summed E-state index contributed by atoms with van der Waals surface area (Å²) in [5.41, 5.74) is -0.207. The molecule has 172 valence electrons. The van der Waals surface area contributed by atoms with Crippen LogP contribution in [0.5, 0.6) is 5.75 Å². The van der Waals surface area contributed by atoms with Gasteiger partial charge in [0.15, 0.2) is 5.69 Å². The summed E-state index contributed by atoms with van der Waals surface area (Å²) in [5.74, 6) is -1.14. The van der Waals surface area contributed by atoms with Gasteiger partial charge in [0.05, 0.1) is 23.3 Å². The molecule has 1 heterocycles. The molecule has 0 spiro atoms. The molecule has 2 saturated carbocycles. The molecule has 0 bridgehead atoms. The number of aromatic hydroxyl groups is 1. The molecule has 1 aromatic heterocycles. The number of phenols is 1. The summed E-state index contributed by atoms with van der Waals surface area (Å²) >= 11 is 0. The highest BCUT2D eigenvalue weighted by Crippen LogP contribution is 2.46. The summed E-state index contributed by atoms with van der Waals surface area (Å²) in [6.07, 6.45) is 5.89. The Morgan fingerprint density at radius 3 is 2.47 bits per heavy atom. The summed E-state index contributed by atoms with van der Waals surface area (Å²) in [6, 6.07) is 4.84. The lowest BCUT2D eigenvalue weighted by atomic mass is 9.69. The minimum Gasteiger partial charge on any atom is -0.505 e. The van der Waals surface area contributed by atoms with Crippen LogP contribution in [0.1, 0.15) is 75.1 Å². The number of aliphatic carboxylic acids is 1. The number of nitrogens with zero attached hydrogens (tertiary/aromatic N) is 3. The topological polar surface area (TPSA) is 140 Å². The van der Waals surface area contributed by atoms with Crippen LogP contribution >= 0.6 is 0 Å². The van der Waals surface area contributed by atoms with E-state index in [0.29, 0.717) is 49.8 Å². The van der Waals surface area contributed by atoms with Crippen LogP contribution in [-0.2, 0) is 10.2 Å². The number of nitrogens with one attached hydrogen (secondary N) is 1. The van der Waals surface area contributed by atoms with E-state index in [1.54, 1.807) is 29.8 Å². The number of carboxylic acid groups (broad SMARTS) is 1. The van der Waals surface area contributed by atoms with Crippen LogP contribution in [0.15, 0.2) is 33.2 Å². The largest absolute Gasteiger partial charge is 0.505 e. The predicted molar refractivity (Wildman–Crippen MR) is 118 cm³/mol. The van der Waals surface area contributed by atoms with E-state index in [2.05, 4.69) is 15.3 Å². The van der Waals surface area contributed by atoms with Crippen molar-refractivity contribution in [2.45, 2.75) is 82.3 Å². The van der Waals surface area contributed by atoms with Gasteiger partial charge in [0, 0.05) is 5.56 Å². The number of phenolic OH excluding ortho intramolecular Hbond substituents is 1. The SMILES string of the molecule is Cc1[nH]n(C2CCC(O)CC2)c(=O)c1N=Nc1cccc(C2(C(=O)O)CCCCC2)c1O. The number of carboxylic acids is 1. The number of hydrogen-bond donors (Lipinski definition) is 4. The zero-order valence-corrected chi connectivity index (χ0v) is 18.3. The Kier molecular flexibility index (Phi) is 6.19. The molecule has 2 aliphatic carbocycles. The number of aromatic nitrogens is 2. The van der Waals surface area contributed by atoms with Gasteiger partial charge in [-0.15, -0.1) is 10.2 Å². The Hall–Kier alpha value is -2.94. The highest BCUT2D eigenvalue weighted by Gasteiger charge is 2.43. The number of para-hydroxylation sites is 1. The Bertz CT molecular complexity index is 1070. The molecular weight excluding hydrogens is 412 g/mol. The third kappa shape index (κ3) is 3.97. The molecule has 32 heavy (non-hydrogen) atoms. The number of azo groups is 1. The molecule has 9 heteroatoms. The van der Waals surface area contributed by atoms with Crippen molar-refractivity contribution >= 4 is 17.3 Å². The summed E-state index contributed by atoms with van der Waals surface area (Å²) < 4.78 is 1.55. The molecule has 0 amide bonds. The minimum atomic E-state index is -1.13. The van der Waals surface area contributed by atoms with Crippen molar-refractivity contribution in [2.24, 2.45) is 10.2 Å². The molecule has 2 fully saturated rings. The van der Waals surface area contributed by atoms with Gasteiger partial charge < -0.3 is 15.3 Å². The molecule has 0 radical (unpaired) electrons. The predicted octanol–water partition coefficient (Wildman–Crippen LogP) is 4.37. The smallest absolute Gasteiger partial charge is 0.314 e. The Balaban J connectivity index is 1.64. The van der Waals surface area contributed by atoms with E-state index in [1.165, 1.54) is 0 Å². The number of benzene rings is 1. The standard InChI is InChI=1S/C23H30N4O5/c1-14-19(21(30)27(26-14)15-8-10-16(28)11-9-15)25-24-18-7-5-6-17(20(18)29)23(22(31)32)12-3-2-4-13-23/h5-7,15-16,26,28-29H,2-4,8-13H2,1H3,(H,31,32). The normalized spacial score (nSPS) is 23.4. The fraction of sp³-hybridized carbons (Fsp3) is 0.565. The van der Waals surface area contributed by atoms with Gasteiger partial charge in [0.2, 0.25) is 0 Å². The number of H-pyrrole nitrogens is 1. The lowest BCUT2D eigenvalue weighted by Gasteiger charge is -2.34. The van der Waals surface area contributed by atoms with E-state index >= 15 is 0 Å². The van der Waals surface area contributed by atoms with E-state index in [1.807, 2.05) is 0 Å². The molecule has 0 unspecified atom stereocenters. The number of hydrogen-bond acceptors (Lipinski definition) is 6. The van der Waals surface area contributed by atoms with Crippen molar-refractivity contribution in [3.63, 3.8) is 0 Å². The maximum Gasteiger partial charge on any atom is 0.314 e. The number of aliphatic hydroxyl groups is 1. The van der Waals surface area contributed by atoms with E-state index in [4.69, 9.17) is 0 Å². The molecule has 0 aliphatic heterocycles. The van der Waals surface area contributed by atoms with Crippen molar-refractivity contribution in [1.82, 2.24) is 9.78 Å². The first-order valence-electron chi connectivity index (χ1n) is 11.3. The summed E-state index contributed by atoms with van der Waals surface area (Å²) in [4.78, 5) is 25.1. The second-order valence-electron chi connectivity index (χ2n) is 9.04. The first kappa shape index (κ1) is 22.3. The van der Waals surface area contributed by atoms with E-state index < -0.39 is 11.4 Å². The van der Waals surface area contributed by atoms with Crippen molar-refractivity contribution in [3.05, 3.63) is 39.8 Å². The maximum atomic E-state index is 12.9. The molecule has 2 aromatic rings. The molecule has 2 aliphatic rings. The average molecular weight is 443 g/mol. The fourth-order valence-electron chi connectivity index (χ4n) is 5.11. The molecule has 4 N–H and O–H groups in total. The highest BCUT2D eigenvalue weighted by atomic mass is 16.4. The Morgan fingerprint density at radius 2 is 1.81 bits per heavy atom. The van der Waals surface area contributed by atoms with Crippen molar-refractivity contribution in [1.29, 1.82) is 0 Å². The number of aromatic amines is 1. The van der Waals surface area contributed by atoms with Crippen LogP contribution in [-0.4, -0.2) is 37.2 Å². The van der Waals surface area contributed by atoms with E-state index in [-0.39, 0.29) is 34.8 Å². The monoisotopic (exact) mass is 442 g/mol. The van der Waals surface area contributed by atoms with Gasteiger partial charge in [-0.25, -0.2) is 4.68 Å². The molecule has 0 saturated heterocycles. The van der Waals surface area contributed by atoms with Crippen LogP contribution in [0.25, 0.3) is 0 Å². The fourth-order valence-corrected chi connectivity index (χ4v) is 5.11. The number of aliphatic hydroxyl groups excluding tert-OH is 1. The van der Waals surface area contributed by atoms with Crippen molar-refractivity contribution in [2.75, 3.05) is 0 Å². The minimum absolute atomic E-state index is 0.0213. The van der Waals surface area contributed by atoms with Gasteiger partial charge in [-0.05, 0) is 51.5 Å². The van der Waals surface area contributed by atoms with Gasteiger partial charge in [-0.3, -0.25) is 14.7 Å². The highest BCUT2D eigenvalue weighted by molar-refractivity contribution is 5.83. The lowest BCUT2D eigenvalue weighted by Crippen LogP contribution is -2.37. The molecule has 1 aromatic carbocycles. The Labute approximate surface area is 185 Å². The number of rotatable bonds is 5. The second-order valence-corrected chi connectivity index (χ2v) is 9.04. The van der Waals surface area contributed by atoms with Crippen molar-refractivity contribution < 1.29 is 20.1 Å². The maximum absolute atomic E-state index is 12.9. The van der Waals surface area contributed by atoms with Gasteiger partial charge in [-0.2, -0.15) is 0 Å². The molecule has 4 rings (SSSR count). The van der Waals surface area contributed by atoms with Gasteiger partial charge in [0.1, 0.15) is 11.4 Å². The third-order valence-electron chi connectivity index (χ3n) is 7.00. The van der Waals surface area contributed by atoms with Crippen LogP contribution in [0.4, 0.5) is 11.4 Å². The van der Waals surface area contributed by atoms with Crippen LogP contribution < -0.4 is 5.56 Å². The zero-order valence-electron chi connectivity index (χ0n) is 18.3. The quantitative estimate of drug-likeness (QED) is 0.509.